The van der Waals surface area contributed by atoms with Gasteiger partial charge in [0.05, 0.1) is 10.6 Å². The molecule has 0 saturated carbocycles. The number of nitriles is 1. The molecule has 1 rings (SSSR count). The van der Waals surface area contributed by atoms with Crippen molar-refractivity contribution >= 4 is 23.2 Å². The molecular formula is C13H16ClN3O. The van der Waals surface area contributed by atoms with Crippen LogP contribution in [0, 0.1) is 11.3 Å². The van der Waals surface area contributed by atoms with Crippen LogP contribution in [0.15, 0.2) is 18.2 Å². The lowest BCUT2D eigenvalue weighted by molar-refractivity contribution is -0.116. The number of halogens is 1. The first-order chi connectivity index (χ1) is 8.67. The highest BCUT2D eigenvalue weighted by atomic mass is 35.5. The first kappa shape index (κ1) is 14.5. The van der Waals surface area contributed by atoms with Crippen LogP contribution in [0.4, 0.5) is 5.69 Å². The Morgan fingerprint density at radius 1 is 1.39 bits per heavy atom. The Kier molecular flexibility index (Phi) is 6.20. The van der Waals surface area contributed by atoms with Gasteiger partial charge in [-0.1, -0.05) is 18.0 Å². The van der Waals surface area contributed by atoms with E-state index in [9.17, 15) is 4.79 Å². The molecule has 0 aliphatic rings. The molecule has 1 aromatic carbocycles. The Labute approximate surface area is 112 Å². The van der Waals surface area contributed by atoms with Gasteiger partial charge in [-0.25, -0.2) is 0 Å². The second-order valence-electron chi connectivity index (χ2n) is 3.95. The summed E-state index contributed by atoms with van der Waals surface area (Å²) in [6.07, 6.45) is 3.19. The van der Waals surface area contributed by atoms with Crippen molar-refractivity contribution in [3.63, 3.8) is 0 Å². The minimum atomic E-state index is -0.0483. The second-order valence-corrected chi connectivity index (χ2v) is 4.36. The van der Waals surface area contributed by atoms with Crippen LogP contribution in [0.2, 0.25) is 5.02 Å². The summed E-state index contributed by atoms with van der Waals surface area (Å²) in [7, 11) is 0. The molecule has 0 heterocycles. The molecule has 0 saturated heterocycles. The van der Waals surface area contributed by atoms with E-state index in [0.717, 1.165) is 19.3 Å². The monoisotopic (exact) mass is 265 g/mol. The van der Waals surface area contributed by atoms with E-state index < -0.39 is 0 Å². The maximum absolute atomic E-state index is 11.6. The molecule has 0 aliphatic carbocycles. The average Bonchev–Trinajstić information content (AvgIpc) is 2.35. The molecule has 0 aromatic heterocycles. The maximum atomic E-state index is 11.6. The zero-order valence-corrected chi connectivity index (χ0v) is 10.8. The molecule has 1 aromatic rings. The lowest BCUT2D eigenvalue weighted by atomic mass is 10.2. The SMILES string of the molecule is N#Cc1ccc(NC(=O)CCCCCN)cc1Cl. The summed E-state index contributed by atoms with van der Waals surface area (Å²) >= 11 is 5.87. The van der Waals surface area contributed by atoms with Gasteiger partial charge >= 0.3 is 0 Å². The van der Waals surface area contributed by atoms with Crippen LogP contribution < -0.4 is 11.1 Å². The Balaban J connectivity index is 2.45. The minimum Gasteiger partial charge on any atom is -0.330 e. The first-order valence-electron chi connectivity index (χ1n) is 5.87. The second kappa shape index (κ2) is 7.70. The molecular weight excluding hydrogens is 250 g/mol. The van der Waals surface area contributed by atoms with Crippen LogP contribution >= 0.6 is 11.6 Å². The molecule has 0 radical (unpaired) electrons. The number of hydrogen-bond acceptors (Lipinski definition) is 3. The van der Waals surface area contributed by atoms with Crippen molar-refractivity contribution < 1.29 is 4.79 Å². The molecule has 0 spiro atoms. The molecule has 0 fully saturated rings. The van der Waals surface area contributed by atoms with E-state index in [4.69, 9.17) is 22.6 Å². The smallest absolute Gasteiger partial charge is 0.224 e. The van der Waals surface area contributed by atoms with Crippen LogP contribution in [-0.2, 0) is 4.79 Å². The molecule has 4 nitrogen and oxygen atoms in total. The summed E-state index contributed by atoms with van der Waals surface area (Å²) in [5, 5.41) is 11.8. The van der Waals surface area contributed by atoms with Crippen molar-refractivity contribution in [3.8, 4) is 6.07 Å². The molecule has 5 heteroatoms. The fraction of sp³-hybridized carbons (Fsp3) is 0.385. The Hall–Kier alpha value is -1.57. The van der Waals surface area contributed by atoms with E-state index in [-0.39, 0.29) is 5.91 Å². The Morgan fingerprint density at radius 3 is 2.78 bits per heavy atom. The molecule has 3 N–H and O–H groups in total. The number of hydrogen-bond donors (Lipinski definition) is 2. The fourth-order valence-electron chi connectivity index (χ4n) is 1.51. The van der Waals surface area contributed by atoms with E-state index in [2.05, 4.69) is 5.32 Å². The zero-order chi connectivity index (χ0) is 13.4. The van der Waals surface area contributed by atoms with E-state index in [1.54, 1.807) is 18.2 Å². The van der Waals surface area contributed by atoms with Gasteiger partial charge in [0.2, 0.25) is 5.91 Å². The van der Waals surface area contributed by atoms with E-state index in [1.165, 1.54) is 0 Å². The van der Waals surface area contributed by atoms with Crippen LogP contribution in [0.5, 0.6) is 0 Å². The maximum Gasteiger partial charge on any atom is 0.224 e. The lowest BCUT2D eigenvalue weighted by Gasteiger charge is -2.06. The van der Waals surface area contributed by atoms with Crippen LogP contribution in [0.3, 0.4) is 0 Å². The summed E-state index contributed by atoms with van der Waals surface area (Å²) in [6.45, 7) is 0.660. The number of nitrogens with two attached hydrogens (primary N) is 1. The Bertz CT molecular complexity index is 454. The minimum absolute atomic E-state index is 0.0483. The molecule has 0 unspecified atom stereocenters. The topological polar surface area (TPSA) is 78.9 Å². The van der Waals surface area contributed by atoms with Gasteiger partial charge in [-0.05, 0) is 37.6 Å². The predicted molar refractivity (Wildman–Crippen MR) is 72.3 cm³/mol. The molecule has 96 valence electrons. The molecule has 0 atom stereocenters. The highest BCUT2D eigenvalue weighted by molar-refractivity contribution is 6.32. The van der Waals surface area contributed by atoms with Gasteiger partial charge in [0.25, 0.3) is 0 Å². The molecule has 18 heavy (non-hydrogen) atoms. The van der Waals surface area contributed by atoms with Crippen molar-refractivity contribution in [2.45, 2.75) is 25.7 Å². The summed E-state index contributed by atoms with van der Waals surface area (Å²) in [5.41, 5.74) is 6.39. The van der Waals surface area contributed by atoms with Gasteiger partial charge in [0.1, 0.15) is 6.07 Å². The standard InChI is InChI=1S/C13H16ClN3O/c14-12-8-11(6-5-10(12)9-16)17-13(18)4-2-1-3-7-15/h5-6,8H,1-4,7,15H2,(H,17,18). The Morgan fingerprint density at radius 2 is 2.17 bits per heavy atom. The van der Waals surface area contributed by atoms with E-state index in [1.807, 2.05) is 6.07 Å². The molecule has 0 aliphatic heterocycles. The summed E-state index contributed by atoms with van der Waals surface area (Å²) in [4.78, 5) is 11.6. The van der Waals surface area contributed by atoms with Crippen molar-refractivity contribution in [1.82, 2.24) is 0 Å². The van der Waals surface area contributed by atoms with Crippen molar-refractivity contribution in [2.24, 2.45) is 5.73 Å². The van der Waals surface area contributed by atoms with Gasteiger partial charge in [-0.2, -0.15) is 5.26 Å². The summed E-state index contributed by atoms with van der Waals surface area (Å²) < 4.78 is 0. The fourth-order valence-corrected chi connectivity index (χ4v) is 1.74. The number of nitrogens with one attached hydrogen (secondary N) is 1. The number of carbonyl (C=O) groups is 1. The molecule has 1 amide bonds. The van der Waals surface area contributed by atoms with Crippen LogP contribution in [0.25, 0.3) is 0 Å². The third kappa shape index (κ3) is 4.74. The molecule has 0 bridgehead atoms. The van der Waals surface area contributed by atoms with Gasteiger partial charge in [0, 0.05) is 12.1 Å². The van der Waals surface area contributed by atoms with Crippen LogP contribution in [0.1, 0.15) is 31.2 Å². The van der Waals surface area contributed by atoms with Gasteiger partial charge < -0.3 is 11.1 Å². The largest absolute Gasteiger partial charge is 0.330 e. The van der Waals surface area contributed by atoms with Gasteiger partial charge in [-0.15, -0.1) is 0 Å². The number of carbonyl (C=O) groups excluding carboxylic acids is 1. The third-order valence-electron chi connectivity index (χ3n) is 2.48. The van der Waals surface area contributed by atoms with Crippen LogP contribution in [-0.4, -0.2) is 12.5 Å². The predicted octanol–water partition coefficient (Wildman–Crippen LogP) is 2.67. The number of benzene rings is 1. The van der Waals surface area contributed by atoms with Crippen molar-refractivity contribution in [1.29, 1.82) is 5.26 Å². The number of anilines is 1. The summed E-state index contributed by atoms with van der Waals surface area (Å²) in [6, 6.07) is 6.81. The van der Waals surface area contributed by atoms with Crippen molar-refractivity contribution in [2.75, 3.05) is 11.9 Å². The highest BCUT2D eigenvalue weighted by Gasteiger charge is 2.05. The first-order valence-corrected chi connectivity index (χ1v) is 6.24. The number of nitrogens with zero attached hydrogens (tertiary/aromatic N) is 1. The summed E-state index contributed by atoms with van der Waals surface area (Å²) in [5.74, 6) is -0.0483. The average molecular weight is 266 g/mol. The zero-order valence-electron chi connectivity index (χ0n) is 10.1. The highest BCUT2D eigenvalue weighted by Crippen LogP contribution is 2.20. The van der Waals surface area contributed by atoms with Crippen molar-refractivity contribution in [3.05, 3.63) is 28.8 Å². The number of unbranched alkanes of at least 4 members (excludes halogenated alkanes) is 2. The third-order valence-corrected chi connectivity index (χ3v) is 2.79. The number of amides is 1. The van der Waals surface area contributed by atoms with Gasteiger partial charge in [-0.3, -0.25) is 4.79 Å². The van der Waals surface area contributed by atoms with E-state index in [0.29, 0.717) is 29.2 Å². The van der Waals surface area contributed by atoms with Gasteiger partial charge in [0.15, 0.2) is 0 Å². The van der Waals surface area contributed by atoms with E-state index >= 15 is 0 Å². The normalized spacial score (nSPS) is 9.83. The quantitative estimate of drug-likeness (QED) is 0.776. The lowest BCUT2D eigenvalue weighted by Crippen LogP contribution is -2.11. The number of rotatable bonds is 6.